The van der Waals surface area contributed by atoms with E-state index >= 15 is 0 Å². The molecule has 1 heterocycles. The first-order chi connectivity index (χ1) is 9.09. The smallest absolute Gasteiger partial charge is 0.253 e. The van der Waals surface area contributed by atoms with E-state index in [1.165, 1.54) is 25.5 Å². The molecule has 19 heavy (non-hydrogen) atoms. The zero-order chi connectivity index (χ0) is 13.8. The number of nitrogens with zero attached hydrogens (tertiary/aromatic N) is 1. The summed E-state index contributed by atoms with van der Waals surface area (Å²) in [4.78, 5) is 16.2. The second-order valence-electron chi connectivity index (χ2n) is 5.74. The lowest BCUT2D eigenvalue weighted by Gasteiger charge is -2.35. The van der Waals surface area contributed by atoms with Crippen LogP contribution >= 0.6 is 0 Å². The second-order valence-corrected chi connectivity index (χ2v) is 5.74. The number of rotatable bonds is 3. The Morgan fingerprint density at radius 3 is 2.84 bits per heavy atom. The van der Waals surface area contributed by atoms with Gasteiger partial charge in [0.2, 0.25) is 0 Å². The van der Waals surface area contributed by atoms with Crippen molar-refractivity contribution in [3.8, 4) is 0 Å². The SMILES string of the molecule is CC(C)C1CCCCC1NC(=O)c1ccncc1N. The molecule has 1 amide bonds. The quantitative estimate of drug-likeness (QED) is 0.878. The number of amides is 1. The molecule has 0 spiro atoms. The van der Waals surface area contributed by atoms with Crippen molar-refractivity contribution in [2.45, 2.75) is 45.6 Å². The lowest BCUT2D eigenvalue weighted by molar-refractivity contribution is 0.0890. The third kappa shape index (κ3) is 3.25. The Balaban J connectivity index is 2.07. The molecule has 2 atom stereocenters. The fraction of sp³-hybridized carbons (Fsp3) is 0.600. The number of hydrogen-bond acceptors (Lipinski definition) is 3. The number of carbonyl (C=O) groups is 1. The second kappa shape index (κ2) is 6.04. The molecule has 0 aliphatic heterocycles. The summed E-state index contributed by atoms with van der Waals surface area (Å²) in [5, 5.41) is 3.16. The Labute approximate surface area is 114 Å². The number of anilines is 1. The van der Waals surface area contributed by atoms with E-state index in [1.54, 1.807) is 12.3 Å². The Morgan fingerprint density at radius 1 is 1.42 bits per heavy atom. The van der Waals surface area contributed by atoms with Crippen LogP contribution in [0.5, 0.6) is 0 Å². The van der Waals surface area contributed by atoms with Crippen LogP contribution in [0.1, 0.15) is 49.9 Å². The number of nitrogen functional groups attached to an aromatic ring is 1. The molecule has 1 aliphatic carbocycles. The van der Waals surface area contributed by atoms with Crippen molar-refractivity contribution >= 4 is 11.6 Å². The van der Waals surface area contributed by atoms with Crippen LogP contribution in [0.2, 0.25) is 0 Å². The molecule has 1 fully saturated rings. The molecule has 0 bridgehead atoms. The minimum Gasteiger partial charge on any atom is -0.397 e. The average molecular weight is 261 g/mol. The number of nitrogens with two attached hydrogens (primary N) is 1. The molecule has 0 aromatic carbocycles. The standard InChI is InChI=1S/C15H23N3O/c1-10(2)11-5-3-4-6-14(11)18-15(19)12-7-8-17-9-13(12)16/h7-11,14H,3-6,16H2,1-2H3,(H,18,19). The minimum absolute atomic E-state index is 0.0718. The van der Waals surface area contributed by atoms with E-state index in [2.05, 4.69) is 24.1 Å². The number of hydrogen-bond donors (Lipinski definition) is 2. The summed E-state index contributed by atoms with van der Waals surface area (Å²) in [6.07, 6.45) is 7.86. The molecule has 1 aromatic heterocycles. The fourth-order valence-electron chi connectivity index (χ4n) is 3.00. The van der Waals surface area contributed by atoms with Gasteiger partial charge in [0, 0.05) is 12.2 Å². The molecule has 0 radical (unpaired) electrons. The van der Waals surface area contributed by atoms with Crippen LogP contribution in [-0.2, 0) is 0 Å². The van der Waals surface area contributed by atoms with Gasteiger partial charge >= 0.3 is 0 Å². The van der Waals surface area contributed by atoms with Crippen molar-refractivity contribution in [3.05, 3.63) is 24.0 Å². The third-order valence-electron chi connectivity index (χ3n) is 4.09. The first-order valence-electron chi connectivity index (χ1n) is 7.10. The highest BCUT2D eigenvalue weighted by Crippen LogP contribution is 2.30. The van der Waals surface area contributed by atoms with Gasteiger partial charge in [0.1, 0.15) is 0 Å². The summed E-state index contributed by atoms with van der Waals surface area (Å²) in [7, 11) is 0. The Kier molecular flexibility index (Phi) is 4.40. The number of nitrogens with one attached hydrogen (secondary N) is 1. The molecule has 2 rings (SSSR count). The number of aromatic nitrogens is 1. The van der Waals surface area contributed by atoms with Gasteiger partial charge < -0.3 is 11.1 Å². The first-order valence-corrected chi connectivity index (χ1v) is 7.10. The minimum atomic E-state index is -0.0718. The van der Waals surface area contributed by atoms with Crippen molar-refractivity contribution < 1.29 is 4.79 Å². The summed E-state index contributed by atoms with van der Waals surface area (Å²) >= 11 is 0. The molecule has 2 unspecified atom stereocenters. The molecule has 3 N–H and O–H groups in total. The summed E-state index contributed by atoms with van der Waals surface area (Å²) in [5.41, 5.74) is 6.77. The van der Waals surface area contributed by atoms with Crippen molar-refractivity contribution in [2.75, 3.05) is 5.73 Å². The number of carbonyl (C=O) groups excluding carboxylic acids is 1. The maximum Gasteiger partial charge on any atom is 0.253 e. The van der Waals surface area contributed by atoms with Crippen LogP contribution in [0.4, 0.5) is 5.69 Å². The van der Waals surface area contributed by atoms with E-state index in [9.17, 15) is 4.79 Å². The van der Waals surface area contributed by atoms with E-state index in [-0.39, 0.29) is 11.9 Å². The number of pyridine rings is 1. The molecular weight excluding hydrogens is 238 g/mol. The largest absolute Gasteiger partial charge is 0.397 e. The molecule has 1 saturated carbocycles. The molecule has 1 aromatic rings. The summed E-state index contributed by atoms with van der Waals surface area (Å²) in [5.74, 6) is 1.10. The van der Waals surface area contributed by atoms with Crippen LogP contribution in [0.15, 0.2) is 18.5 Å². The van der Waals surface area contributed by atoms with Gasteiger partial charge in [-0.25, -0.2) is 0 Å². The molecule has 4 heteroatoms. The maximum absolute atomic E-state index is 12.3. The monoisotopic (exact) mass is 261 g/mol. The van der Waals surface area contributed by atoms with E-state index in [0.29, 0.717) is 23.1 Å². The fourth-order valence-corrected chi connectivity index (χ4v) is 3.00. The topological polar surface area (TPSA) is 68.0 Å². The Morgan fingerprint density at radius 2 is 2.16 bits per heavy atom. The summed E-state index contributed by atoms with van der Waals surface area (Å²) in [6, 6.07) is 1.95. The van der Waals surface area contributed by atoms with Crippen LogP contribution < -0.4 is 11.1 Å². The highest BCUT2D eigenvalue weighted by Gasteiger charge is 2.29. The highest BCUT2D eigenvalue weighted by atomic mass is 16.1. The van der Waals surface area contributed by atoms with Gasteiger partial charge in [0.15, 0.2) is 0 Å². The van der Waals surface area contributed by atoms with Crippen LogP contribution in [-0.4, -0.2) is 16.9 Å². The van der Waals surface area contributed by atoms with Gasteiger partial charge in [0.25, 0.3) is 5.91 Å². The van der Waals surface area contributed by atoms with E-state index < -0.39 is 0 Å². The van der Waals surface area contributed by atoms with Crippen LogP contribution in [0, 0.1) is 11.8 Å². The van der Waals surface area contributed by atoms with Crippen molar-refractivity contribution in [1.29, 1.82) is 0 Å². The average Bonchev–Trinajstić information content (AvgIpc) is 2.39. The van der Waals surface area contributed by atoms with Gasteiger partial charge in [-0.2, -0.15) is 0 Å². The van der Waals surface area contributed by atoms with Gasteiger partial charge in [0.05, 0.1) is 17.4 Å². The van der Waals surface area contributed by atoms with E-state index in [4.69, 9.17) is 5.73 Å². The Hall–Kier alpha value is -1.58. The molecular formula is C15H23N3O. The lowest BCUT2D eigenvalue weighted by Crippen LogP contribution is -2.44. The van der Waals surface area contributed by atoms with Gasteiger partial charge in [-0.15, -0.1) is 0 Å². The van der Waals surface area contributed by atoms with Gasteiger partial charge in [-0.05, 0) is 30.7 Å². The normalized spacial score (nSPS) is 23.3. The van der Waals surface area contributed by atoms with E-state index in [1.807, 2.05) is 0 Å². The molecule has 1 aliphatic rings. The van der Waals surface area contributed by atoms with Crippen molar-refractivity contribution in [1.82, 2.24) is 10.3 Å². The van der Waals surface area contributed by atoms with Crippen molar-refractivity contribution in [2.24, 2.45) is 11.8 Å². The molecule has 104 valence electrons. The highest BCUT2D eigenvalue weighted by molar-refractivity contribution is 5.99. The first kappa shape index (κ1) is 13.8. The predicted molar refractivity (Wildman–Crippen MR) is 76.7 cm³/mol. The van der Waals surface area contributed by atoms with Crippen molar-refractivity contribution in [3.63, 3.8) is 0 Å². The van der Waals surface area contributed by atoms with Gasteiger partial charge in [-0.3, -0.25) is 9.78 Å². The van der Waals surface area contributed by atoms with Crippen LogP contribution in [0.3, 0.4) is 0 Å². The summed E-state index contributed by atoms with van der Waals surface area (Å²) in [6.45, 7) is 4.46. The predicted octanol–water partition coefficient (Wildman–Crippen LogP) is 2.61. The molecule has 0 saturated heterocycles. The third-order valence-corrected chi connectivity index (χ3v) is 4.09. The Bertz CT molecular complexity index is 445. The van der Waals surface area contributed by atoms with E-state index in [0.717, 1.165) is 6.42 Å². The zero-order valence-electron chi connectivity index (χ0n) is 11.7. The maximum atomic E-state index is 12.3. The van der Waals surface area contributed by atoms with Crippen LogP contribution in [0.25, 0.3) is 0 Å². The zero-order valence-corrected chi connectivity index (χ0v) is 11.7. The lowest BCUT2D eigenvalue weighted by atomic mass is 9.78. The molecule has 4 nitrogen and oxygen atoms in total. The summed E-state index contributed by atoms with van der Waals surface area (Å²) < 4.78 is 0. The van der Waals surface area contributed by atoms with Gasteiger partial charge in [-0.1, -0.05) is 26.7 Å².